The van der Waals surface area contributed by atoms with Gasteiger partial charge < -0.3 is 19.3 Å². The average Bonchev–Trinajstić information content (AvgIpc) is 2.55. The first kappa shape index (κ1) is 18.3. The lowest BCUT2D eigenvalue weighted by Gasteiger charge is -2.38. The molecule has 1 fully saturated rings. The summed E-state index contributed by atoms with van der Waals surface area (Å²) in [5.74, 6) is -0.292. The Labute approximate surface area is 137 Å². The van der Waals surface area contributed by atoms with Crippen LogP contribution in [0.15, 0.2) is 24.3 Å². The number of benzene rings is 1. The van der Waals surface area contributed by atoms with Gasteiger partial charge in [-0.3, -0.25) is 0 Å². The minimum Gasteiger partial charge on any atom is -0.390 e. The van der Waals surface area contributed by atoms with Crippen molar-refractivity contribution in [1.82, 2.24) is 0 Å². The summed E-state index contributed by atoms with van der Waals surface area (Å²) in [6.07, 6.45) is 1.50. The number of hydrogen-bond donors (Lipinski definition) is 1. The fourth-order valence-corrected chi connectivity index (χ4v) is 2.74. The van der Waals surface area contributed by atoms with E-state index < -0.39 is 18.3 Å². The fraction of sp³-hybridized carbons (Fsp3) is 0.667. The molecule has 1 aromatic carbocycles. The van der Waals surface area contributed by atoms with Gasteiger partial charge in [0.25, 0.3) is 0 Å². The molecule has 1 aliphatic heterocycles. The SMILES string of the molecule is CCCC(O)[C@H]1O[C@@H](CCC)OC[C@H]1OCc1ccccc1F. The van der Waals surface area contributed by atoms with Crippen LogP contribution in [-0.2, 0) is 20.8 Å². The van der Waals surface area contributed by atoms with Crippen molar-refractivity contribution in [3.05, 3.63) is 35.6 Å². The van der Waals surface area contributed by atoms with Crippen molar-refractivity contribution in [2.24, 2.45) is 0 Å². The van der Waals surface area contributed by atoms with E-state index in [0.717, 1.165) is 19.3 Å². The predicted molar refractivity (Wildman–Crippen MR) is 85.4 cm³/mol. The van der Waals surface area contributed by atoms with E-state index >= 15 is 0 Å². The fourth-order valence-electron chi connectivity index (χ4n) is 2.74. The normalized spacial score (nSPS) is 26.2. The zero-order valence-electron chi connectivity index (χ0n) is 13.9. The van der Waals surface area contributed by atoms with Gasteiger partial charge in [0, 0.05) is 5.56 Å². The Morgan fingerprint density at radius 3 is 2.78 bits per heavy atom. The van der Waals surface area contributed by atoms with E-state index in [1.54, 1.807) is 18.2 Å². The van der Waals surface area contributed by atoms with Crippen LogP contribution in [0.25, 0.3) is 0 Å². The molecule has 0 bridgehead atoms. The Morgan fingerprint density at radius 1 is 1.30 bits per heavy atom. The first-order chi connectivity index (χ1) is 11.2. The number of hydrogen-bond acceptors (Lipinski definition) is 4. The highest BCUT2D eigenvalue weighted by Gasteiger charge is 2.36. The zero-order chi connectivity index (χ0) is 16.7. The Hall–Kier alpha value is -1.01. The van der Waals surface area contributed by atoms with Gasteiger partial charge in [0.1, 0.15) is 18.0 Å². The van der Waals surface area contributed by atoms with E-state index in [0.29, 0.717) is 18.6 Å². The molecule has 0 spiro atoms. The van der Waals surface area contributed by atoms with Crippen LogP contribution in [0.2, 0.25) is 0 Å². The van der Waals surface area contributed by atoms with Crippen LogP contribution >= 0.6 is 0 Å². The maximum absolute atomic E-state index is 13.7. The molecule has 23 heavy (non-hydrogen) atoms. The van der Waals surface area contributed by atoms with Gasteiger partial charge in [-0.1, -0.05) is 44.9 Å². The number of halogens is 1. The third kappa shape index (κ3) is 5.24. The molecule has 1 saturated heterocycles. The first-order valence-electron chi connectivity index (χ1n) is 8.45. The highest BCUT2D eigenvalue weighted by molar-refractivity contribution is 5.16. The quantitative estimate of drug-likeness (QED) is 0.795. The van der Waals surface area contributed by atoms with Crippen molar-refractivity contribution >= 4 is 0 Å². The lowest BCUT2D eigenvalue weighted by atomic mass is 10.0. The minimum atomic E-state index is -0.603. The molecular formula is C18H27FO4. The van der Waals surface area contributed by atoms with Gasteiger partial charge in [0.15, 0.2) is 6.29 Å². The smallest absolute Gasteiger partial charge is 0.158 e. The maximum Gasteiger partial charge on any atom is 0.158 e. The summed E-state index contributed by atoms with van der Waals surface area (Å²) in [6, 6.07) is 6.52. The maximum atomic E-state index is 13.7. The van der Waals surface area contributed by atoms with Gasteiger partial charge in [-0.2, -0.15) is 0 Å². The van der Waals surface area contributed by atoms with Crippen molar-refractivity contribution in [3.63, 3.8) is 0 Å². The molecule has 1 heterocycles. The topological polar surface area (TPSA) is 47.9 Å². The summed E-state index contributed by atoms with van der Waals surface area (Å²) in [7, 11) is 0. The molecule has 0 radical (unpaired) electrons. The number of aliphatic hydroxyl groups excluding tert-OH is 1. The summed E-state index contributed by atoms with van der Waals surface area (Å²) < 4.78 is 31.0. The molecule has 4 atom stereocenters. The molecule has 5 heteroatoms. The molecule has 1 N–H and O–H groups in total. The number of rotatable bonds is 8. The van der Waals surface area contributed by atoms with Crippen LogP contribution in [0, 0.1) is 5.82 Å². The summed E-state index contributed by atoms with van der Waals surface area (Å²) in [4.78, 5) is 0. The first-order valence-corrected chi connectivity index (χ1v) is 8.45. The molecule has 0 amide bonds. The van der Waals surface area contributed by atoms with Crippen molar-refractivity contribution in [2.45, 2.75) is 70.7 Å². The van der Waals surface area contributed by atoms with Crippen molar-refractivity contribution < 1.29 is 23.7 Å². The van der Waals surface area contributed by atoms with Gasteiger partial charge in [0.05, 0.1) is 19.3 Å². The molecule has 1 aliphatic rings. The summed E-state index contributed by atoms with van der Waals surface area (Å²) >= 11 is 0. The van der Waals surface area contributed by atoms with E-state index in [1.807, 2.05) is 6.92 Å². The molecule has 0 saturated carbocycles. The van der Waals surface area contributed by atoms with Crippen LogP contribution in [0.3, 0.4) is 0 Å². The largest absolute Gasteiger partial charge is 0.390 e. The second-order valence-electron chi connectivity index (χ2n) is 5.95. The van der Waals surface area contributed by atoms with Gasteiger partial charge in [-0.25, -0.2) is 4.39 Å². The molecule has 0 aliphatic carbocycles. The monoisotopic (exact) mass is 326 g/mol. The second kappa shape index (κ2) is 9.33. The minimum absolute atomic E-state index is 0.137. The summed E-state index contributed by atoms with van der Waals surface area (Å²) in [5, 5.41) is 10.3. The van der Waals surface area contributed by atoms with E-state index in [1.165, 1.54) is 6.07 Å². The van der Waals surface area contributed by atoms with E-state index in [2.05, 4.69) is 6.92 Å². The molecule has 4 nitrogen and oxygen atoms in total. The zero-order valence-corrected chi connectivity index (χ0v) is 13.9. The van der Waals surface area contributed by atoms with Crippen molar-refractivity contribution in [1.29, 1.82) is 0 Å². The third-order valence-electron chi connectivity index (χ3n) is 4.02. The Morgan fingerprint density at radius 2 is 2.09 bits per heavy atom. The van der Waals surface area contributed by atoms with Gasteiger partial charge in [0.2, 0.25) is 0 Å². The standard InChI is InChI=1S/C18H27FO4/c1-3-7-15(20)18-16(12-22-17(23-18)8-4-2)21-11-13-9-5-6-10-14(13)19/h5-6,9-10,15-18,20H,3-4,7-8,11-12H2,1-2H3/t15?,16-,17+,18-/m1/s1. The van der Waals surface area contributed by atoms with Crippen molar-refractivity contribution in [3.8, 4) is 0 Å². The Balaban J connectivity index is 1.98. The van der Waals surface area contributed by atoms with Gasteiger partial charge in [-0.05, 0) is 18.9 Å². The molecule has 1 unspecified atom stereocenters. The number of ether oxygens (including phenoxy) is 3. The Kier molecular flexibility index (Phi) is 7.43. The van der Waals surface area contributed by atoms with Gasteiger partial charge >= 0.3 is 0 Å². The van der Waals surface area contributed by atoms with Crippen LogP contribution < -0.4 is 0 Å². The lowest BCUT2D eigenvalue weighted by Crippen LogP contribution is -2.50. The molecule has 130 valence electrons. The summed E-state index contributed by atoms with van der Waals surface area (Å²) in [6.45, 7) is 4.56. The van der Waals surface area contributed by atoms with E-state index in [4.69, 9.17) is 14.2 Å². The lowest BCUT2D eigenvalue weighted by molar-refractivity contribution is -0.283. The number of aliphatic hydroxyl groups is 1. The highest BCUT2D eigenvalue weighted by atomic mass is 19.1. The molecule has 2 rings (SSSR count). The van der Waals surface area contributed by atoms with Crippen LogP contribution in [-0.4, -0.2) is 36.3 Å². The van der Waals surface area contributed by atoms with Crippen LogP contribution in [0.1, 0.15) is 45.1 Å². The van der Waals surface area contributed by atoms with E-state index in [-0.39, 0.29) is 18.7 Å². The van der Waals surface area contributed by atoms with Gasteiger partial charge in [-0.15, -0.1) is 0 Å². The molecule has 0 aromatic heterocycles. The molecule has 1 aromatic rings. The summed E-state index contributed by atoms with van der Waals surface area (Å²) in [5.41, 5.74) is 0.493. The average molecular weight is 326 g/mol. The van der Waals surface area contributed by atoms with Crippen molar-refractivity contribution in [2.75, 3.05) is 6.61 Å². The predicted octanol–water partition coefficient (Wildman–Crippen LogP) is 3.41. The Bertz CT molecular complexity index is 468. The van der Waals surface area contributed by atoms with E-state index in [9.17, 15) is 9.50 Å². The van der Waals surface area contributed by atoms with Crippen LogP contribution in [0.4, 0.5) is 4.39 Å². The second-order valence-corrected chi connectivity index (χ2v) is 5.95. The highest BCUT2D eigenvalue weighted by Crippen LogP contribution is 2.24. The third-order valence-corrected chi connectivity index (χ3v) is 4.02. The van der Waals surface area contributed by atoms with Crippen LogP contribution in [0.5, 0.6) is 0 Å². The molecular weight excluding hydrogens is 299 g/mol.